The molecule has 5 heteroatoms. The first-order valence-corrected chi connectivity index (χ1v) is 5.55. The summed E-state index contributed by atoms with van der Waals surface area (Å²) in [5.74, 6) is 1.54. The van der Waals surface area contributed by atoms with Gasteiger partial charge in [0.2, 0.25) is 6.17 Å². The van der Waals surface area contributed by atoms with Gasteiger partial charge in [0, 0.05) is 5.56 Å². The Bertz CT molecular complexity index is 583. The van der Waals surface area contributed by atoms with Crippen LogP contribution < -0.4 is 4.74 Å². The molecule has 0 aliphatic carbocycles. The number of rotatable bonds is 3. The Morgan fingerprint density at radius 1 is 0.778 bits per heavy atom. The molecule has 0 aromatic heterocycles. The van der Waals surface area contributed by atoms with Crippen LogP contribution in [-0.2, 0) is 0 Å². The van der Waals surface area contributed by atoms with Crippen LogP contribution in [-0.4, -0.2) is 0 Å². The van der Waals surface area contributed by atoms with Crippen LogP contribution in [0.25, 0.3) is 0 Å². The first-order chi connectivity index (χ1) is 8.92. The predicted octanol–water partition coefficient (Wildman–Crippen LogP) is 4.31. The van der Waals surface area contributed by atoms with E-state index >= 15 is 0 Å². The Morgan fingerprint density at radius 3 is 2.28 bits per heavy atom. The fourth-order valence-corrected chi connectivity index (χ4v) is 1.66. The standard InChI is InChI=1S/C13H10N4O/c1-2-6-11(7-3-1)18-12-8-4-5-10(9-12)13-14-16-17-15-13/h1-9,13H. The molecular formula is C13H10N4O. The maximum absolute atomic E-state index is 5.73. The molecule has 1 heterocycles. The van der Waals surface area contributed by atoms with E-state index in [-0.39, 0.29) is 6.17 Å². The van der Waals surface area contributed by atoms with E-state index in [2.05, 4.69) is 20.7 Å². The molecule has 18 heavy (non-hydrogen) atoms. The predicted molar refractivity (Wildman–Crippen MR) is 65.4 cm³/mol. The van der Waals surface area contributed by atoms with Crippen molar-refractivity contribution in [1.29, 1.82) is 0 Å². The maximum atomic E-state index is 5.73. The van der Waals surface area contributed by atoms with E-state index in [1.54, 1.807) is 0 Å². The van der Waals surface area contributed by atoms with Crippen LogP contribution in [0.1, 0.15) is 11.7 Å². The minimum Gasteiger partial charge on any atom is -0.457 e. The molecule has 3 rings (SSSR count). The highest BCUT2D eigenvalue weighted by molar-refractivity contribution is 5.34. The molecule has 0 spiro atoms. The van der Waals surface area contributed by atoms with E-state index in [0.717, 1.165) is 17.1 Å². The topological polar surface area (TPSA) is 58.7 Å². The van der Waals surface area contributed by atoms with Crippen molar-refractivity contribution in [3.8, 4) is 11.5 Å². The van der Waals surface area contributed by atoms with Crippen LogP contribution in [0.2, 0.25) is 0 Å². The quantitative estimate of drug-likeness (QED) is 0.785. The van der Waals surface area contributed by atoms with Gasteiger partial charge in [-0.15, -0.1) is 10.2 Å². The normalized spacial score (nSPS) is 14.0. The largest absolute Gasteiger partial charge is 0.457 e. The van der Waals surface area contributed by atoms with Crippen molar-refractivity contribution in [1.82, 2.24) is 0 Å². The number of hydrogen-bond donors (Lipinski definition) is 0. The third-order valence-corrected chi connectivity index (χ3v) is 2.50. The van der Waals surface area contributed by atoms with Gasteiger partial charge in [-0.05, 0) is 34.7 Å². The first-order valence-electron chi connectivity index (χ1n) is 5.55. The minimum atomic E-state index is -0.343. The molecule has 0 amide bonds. The number of para-hydroxylation sites is 1. The molecule has 2 aromatic carbocycles. The molecule has 88 valence electrons. The average molecular weight is 238 g/mol. The molecule has 0 radical (unpaired) electrons. The lowest BCUT2D eigenvalue weighted by molar-refractivity contribution is 0.481. The third-order valence-electron chi connectivity index (χ3n) is 2.50. The number of hydrogen-bond acceptors (Lipinski definition) is 5. The first kappa shape index (κ1) is 10.6. The monoisotopic (exact) mass is 238 g/mol. The lowest BCUT2D eigenvalue weighted by atomic mass is 10.2. The van der Waals surface area contributed by atoms with Crippen LogP contribution in [0, 0.1) is 0 Å². The van der Waals surface area contributed by atoms with E-state index in [0.29, 0.717) is 0 Å². The highest BCUT2D eigenvalue weighted by atomic mass is 16.5. The van der Waals surface area contributed by atoms with Gasteiger partial charge >= 0.3 is 0 Å². The summed E-state index contributed by atoms with van der Waals surface area (Å²) < 4.78 is 5.73. The van der Waals surface area contributed by atoms with E-state index in [9.17, 15) is 0 Å². The Balaban J connectivity index is 1.83. The highest BCUT2D eigenvalue weighted by Gasteiger charge is 2.13. The maximum Gasteiger partial charge on any atom is 0.210 e. The van der Waals surface area contributed by atoms with Crippen molar-refractivity contribution < 1.29 is 4.74 Å². The summed E-state index contributed by atoms with van der Waals surface area (Å²) in [5.41, 5.74) is 0.911. The second-order valence-corrected chi connectivity index (χ2v) is 3.77. The summed E-state index contributed by atoms with van der Waals surface area (Å²) >= 11 is 0. The second kappa shape index (κ2) is 4.75. The van der Waals surface area contributed by atoms with Crippen molar-refractivity contribution in [3.63, 3.8) is 0 Å². The molecule has 2 aromatic rings. The number of nitrogens with zero attached hydrogens (tertiary/aromatic N) is 4. The molecule has 5 nitrogen and oxygen atoms in total. The van der Waals surface area contributed by atoms with Gasteiger partial charge in [0.05, 0.1) is 0 Å². The van der Waals surface area contributed by atoms with Crippen LogP contribution in [0.5, 0.6) is 11.5 Å². The van der Waals surface area contributed by atoms with E-state index in [1.807, 2.05) is 54.6 Å². The molecule has 1 aliphatic rings. The molecule has 0 fully saturated rings. The van der Waals surface area contributed by atoms with E-state index in [1.165, 1.54) is 0 Å². The van der Waals surface area contributed by atoms with Crippen LogP contribution in [0.4, 0.5) is 0 Å². The van der Waals surface area contributed by atoms with Gasteiger partial charge in [0.1, 0.15) is 11.5 Å². The van der Waals surface area contributed by atoms with Crippen molar-refractivity contribution in [3.05, 3.63) is 60.2 Å². The summed E-state index contributed by atoms with van der Waals surface area (Å²) in [6, 6.07) is 17.2. The van der Waals surface area contributed by atoms with Gasteiger partial charge in [-0.2, -0.15) is 0 Å². The molecule has 0 N–H and O–H groups in total. The van der Waals surface area contributed by atoms with Gasteiger partial charge in [-0.1, -0.05) is 30.3 Å². The van der Waals surface area contributed by atoms with Gasteiger partial charge < -0.3 is 4.74 Å². The van der Waals surface area contributed by atoms with Crippen molar-refractivity contribution >= 4 is 0 Å². The zero-order chi connectivity index (χ0) is 12.2. The molecule has 1 aliphatic heterocycles. The van der Waals surface area contributed by atoms with Crippen LogP contribution in [0.15, 0.2) is 75.3 Å². The van der Waals surface area contributed by atoms with E-state index < -0.39 is 0 Å². The van der Waals surface area contributed by atoms with Crippen LogP contribution >= 0.6 is 0 Å². The van der Waals surface area contributed by atoms with Crippen molar-refractivity contribution in [2.45, 2.75) is 6.17 Å². The summed E-state index contributed by atoms with van der Waals surface area (Å²) in [6.07, 6.45) is -0.343. The third kappa shape index (κ3) is 2.24. The molecule has 0 atom stereocenters. The van der Waals surface area contributed by atoms with Gasteiger partial charge in [-0.3, -0.25) is 0 Å². The Morgan fingerprint density at radius 2 is 1.50 bits per heavy atom. The smallest absolute Gasteiger partial charge is 0.210 e. The van der Waals surface area contributed by atoms with Gasteiger partial charge in [0.25, 0.3) is 0 Å². The fraction of sp³-hybridized carbons (Fsp3) is 0.0769. The lowest BCUT2D eigenvalue weighted by Crippen LogP contribution is -1.90. The number of benzene rings is 2. The lowest BCUT2D eigenvalue weighted by Gasteiger charge is -2.07. The van der Waals surface area contributed by atoms with E-state index in [4.69, 9.17) is 4.74 Å². The SMILES string of the molecule is c1ccc(Oc2cccc(C3N=NN=N3)c2)cc1. The zero-order valence-corrected chi connectivity index (χ0v) is 9.47. The average Bonchev–Trinajstić information content (AvgIpc) is 2.94. The summed E-state index contributed by atoms with van der Waals surface area (Å²) in [5, 5.41) is 14.8. The summed E-state index contributed by atoms with van der Waals surface area (Å²) in [6.45, 7) is 0. The second-order valence-electron chi connectivity index (χ2n) is 3.77. The fourth-order valence-electron chi connectivity index (χ4n) is 1.66. The molecule has 0 saturated heterocycles. The molecular weight excluding hydrogens is 228 g/mol. The van der Waals surface area contributed by atoms with Crippen molar-refractivity contribution in [2.75, 3.05) is 0 Å². The Kier molecular flexibility index (Phi) is 2.79. The molecule has 0 bridgehead atoms. The van der Waals surface area contributed by atoms with Crippen LogP contribution in [0.3, 0.4) is 0 Å². The molecule has 0 saturated carbocycles. The Hall–Kier alpha value is -2.56. The van der Waals surface area contributed by atoms with Gasteiger partial charge in [0.15, 0.2) is 0 Å². The summed E-state index contributed by atoms with van der Waals surface area (Å²) in [4.78, 5) is 0. The zero-order valence-electron chi connectivity index (χ0n) is 9.47. The van der Waals surface area contributed by atoms with Gasteiger partial charge in [-0.25, -0.2) is 0 Å². The molecule has 0 unspecified atom stereocenters. The van der Waals surface area contributed by atoms with Crippen molar-refractivity contribution in [2.24, 2.45) is 20.7 Å². The summed E-state index contributed by atoms with van der Waals surface area (Å²) in [7, 11) is 0. The number of ether oxygens (including phenoxy) is 1. The highest BCUT2D eigenvalue weighted by Crippen LogP contribution is 2.28. The minimum absolute atomic E-state index is 0.343. The Labute approximate surface area is 104 Å².